The Labute approximate surface area is 119 Å². The molecule has 5 nitrogen and oxygen atoms in total. The van der Waals surface area contributed by atoms with Crippen LogP contribution in [0, 0.1) is 34.5 Å². The molecule has 0 unspecified atom stereocenters. The summed E-state index contributed by atoms with van der Waals surface area (Å²) >= 11 is 0. The number of likely N-dealkylation sites (tertiary alicyclic amines) is 1. The highest BCUT2D eigenvalue weighted by Crippen LogP contribution is 2.44. The first-order valence-electron chi connectivity index (χ1n) is 7.56. The summed E-state index contributed by atoms with van der Waals surface area (Å²) in [6.07, 6.45) is 6.35. The number of hydrogen-bond acceptors (Lipinski definition) is 4. The summed E-state index contributed by atoms with van der Waals surface area (Å²) < 4.78 is 0. The van der Waals surface area contributed by atoms with Gasteiger partial charge in [-0.15, -0.1) is 0 Å². The number of nitriles is 2. The molecule has 0 aromatic heterocycles. The minimum absolute atomic E-state index is 0.0941. The Bertz CT molecular complexity index is 455. The maximum atomic E-state index is 12.3. The Balaban J connectivity index is 1.56. The fourth-order valence-electron chi connectivity index (χ4n) is 4.22. The molecule has 1 N–H and O–H groups in total. The van der Waals surface area contributed by atoms with Crippen molar-refractivity contribution in [2.24, 2.45) is 11.8 Å². The summed E-state index contributed by atoms with van der Waals surface area (Å²) in [5.74, 6) is 1.48. The normalized spacial score (nSPS) is 38.7. The van der Waals surface area contributed by atoms with Gasteiger partial charge in [0.05, 0.1) is 18.7 Å². The average molecular weight is 272 g/mol. The molecule has 2 bridgehead atoms. The van der Waals surface area contributed by atoms with E-state index in [-0.39, 0.29) is 12.5 Å². The summed E-state index contributed by atoms with van der Waals surface area (Å²) in [7, 11) is 0. The van der Waals surface area contributed by atoms with Gasteiger partial charge in [0, 0.05) is 6.04 Å². The van der Waals surface area contributed by atoms with E-state index in [4.69, 9.17) is 10.5 Å². The Kier molecular flexibility index (Phi) is 3.63. The lowest BCUT2D eigenvalue weighted by atomic mass is 9.95. The molecule has 3 aliphatic rings. The van der Waals surface area contributed by atoms with Gasteiger partial charge in [-0.1, -0.05) is 6.42 Å². The summed E-state index contributed by atoms with van der Waals surface area (Å²) in [5, 5.41) is 21.6. The molecule has 1 amide bonds. The summed E-state index contributed by atoms with van der Waals surface area (Å²) in [6.45, 7) is 0.268. The predicted octanol–water partition coefficient (Wildman–Crippen LogP) is 1.17. The second-order valence-electron chi connectivity index (χ2n) is 6.33. The molecule has 1 aliphatic heterocycles. The zero-order valence-corrected chi connectivity index (χ0v) is 11.6. The van der Waals surface area contributed by atoms with E-state index in [2.05, 4.69) is 17.5 Å². The number of nitrogens with zero attached hydrogens (tertiary/aromatic N) is 3. The SMILES string of the molecule is N#C[C@@H]1CC[C@H](C#N)N1C(=O)CN[C@@H]1C[C@H]2CC[C@@H]1C2. The molecule has 5 heteroatoms. The largest absolute Gasteiger partial charge is 0.310 e. The predicted molar refractivity (Wildman–Crippen MR) is 72.1 cm³/mol. The molecular weight excluding hydrogens is 252 g/mol. The van der Waals surface area contributed by atoms with Crippen LogP contribution in [0.3, 0.4) is 0 Å². The third kappa shape index (κ3) is 2.27. The van der Waals surface area contributed by atoms with Crippen molar-refractivity contribution in [2.45, 2.75) is 56.7 Å². The highest BCUT2D eigenvalue weighted by molar-refractivity contribution is 5.80. The van der Waals surface area contributed by atoms with Crippen LogP contribution in [0.25, 0.3) is 0 Å². The van der Waals surface area contributed by atoms with Crippen molar-refractivity contribution in [3.05, 3.63) is 0 Å². The van der Waals surface area contributed by atoms with E-state index in [1.165, 1.54) is 30.6 Å². The summed E-state index contributed by atoms with van der Waals surface area (Å²) in [5.41, 5.74) is 0. The molecule has 0 aromatic rings. The lowest BCUT2D eigenvalue weighted by molar-refractivity contribution is -0.131. The van der Waals surface area contributed by atoms with Gasteiger partial charge < -0.3 is 10.2 Å². The maximum Gasteiger partial charge on any atom is 0.238 e. The van der Waals surface area contributed by atoms with Crippen molar-refractivity contribution in [1.82, 2.24) is 10.2 Å². The van der Waals surface area contributed by atoms with Gasteiger partial charge in [0.15, 0.2) is 0 Å². The molecule has 0 radical (unpaired) electrons. The van der Waals surface area contributed by atoms with Gasteiger partial charge in [-0.05, 0) is 43.9 Å². The van der Waals surface area contributed by atoms with E-state index in [0.29, 0.717) is 18.9 Å². The van der Waals surface area contributed by atoms with Crippen LogP contribution in [0.5, 0.6) is 0 Å². The highest BCUT2D eigenvalue weighted by atomic mass is 16.2. The minimum Gasteiger partial charge on any atom is -0.310 e. The number of hydrogen-bond donors (Lipinski definition) is 1. The Morgan fingerprint density at radius 2 is 1.80 bits per heavy atom. The maximum absolute atomic E-state index is 12.3. The smallest absolute Gasteiger partial charge is 0.238 e. The molecule has 20 heavy (non-hydrogen) atoms. The average Bonchev–Trinajstić information content (AvgIpc) is 3.17. The van der Waals surface area contributed by atoms with Crippen LogP contribution >= 0.6 is 0 Å². The standard InChI is InChI=1S/C15H20N4O/c16-7-12-3-4-13(8-17)19(12)15(20)9-18-14-6-10-1-2-11(14)5-10/h10-14,18H,1-6,9H2/t10-,11+,12-,13+,14+/m0/s1. The molecule has 0 aromatic carbocycles. The van der Waals surface area contributed by atoms with E-state index < -0.39 is 12.1 Å². The van der Waals surface area contributed by atoms with Crippen LogP contribution in [0.2, 0.25) is 0 Å². The van der Waals surface area contributed by atoms with E-state index in [1.807, 2.05) is 0 Å². The number of amides is 1. The fraction of sp³-hybridized carbons (Fsp3) is 0.800. The van der Waals surface area contributed by atoms with E-state index >= 15 is 0 Å². The fourth-order valence-corrected chi connectivity index (χ4v) is 4.22. The number of nitrogens with one attached hydrogen (secondary N) is 1. The van der Waals surface area contributed by atoms with Crippen LogP contribution in [0.15, 0.2) is 0 Å². The molecule has 2 aliphatic carbocycles. The molecule has 1 saturated heterocycles. The summed E-state index contributed by atoms with van der Waals surface area (Å²) in [4.78, 5) is 13.8. The first-order valence-corrected chi connectivity index (χ1v) is 7.56. The van der Waals surface area contributed by atoms with Gasteiger partial charge in [0.25, 0.3) is 0 Å². The van der Waals surface area contributed by atoms with E-state index in [9.17, 15) is 4.79 Å². The monoisotopic (exact) mass is 272 g/mol. The number of rotatable bonds is 3. The molecular formula is C15H20N4O. The van der Waals surface area contributed by atoms with Gasteiger partial charge in [0.2, 0.25) is 5.91 Å². The number of fused-ring (bicyclic) bond motifs is 2. The van der Waals surface area contributed by atoms with Crippen molar-refractivity contribution in [2.75, 3.05) is 6.54 Å². The molecule has 3 fully saturated rings. The number of carbonyl (C=O) groups is 1. The van der Waals surface area contributed by atoms with Gasteiger partial charge in [-0.25, -0.2) is 0 Å². The van der Waals surface area contributed by atoms with Gasteiger partial charge in [0.1, 0.15) is 12.1 Å². The van der Waals surface area contributed by atoms with Gasteiger partial charge in [-0.2, -0.15) is 10.5 Å². The minimum atomic E-state index is -0.422. The zero-order valence-electron chi connectivity index (χ0n) is 11.6. The van der Waals surface area contributed by atoms with Crippen LogP contribution in [0.1, 0.15) is 38.5 Å². The van der Waals surface area contributed by atoms with Crippen LogP contribution in [-0.2, 0) is 4.79 Å². The second-order valence-corrected chi connectivity index (χ2v) is 6.33. The Morgan fingerprint density at radius 3 is 2.30 bits per heavy atom. The van der Waals surface area contributed by atoms with Crippen molar-refractivity contribution >= 4 is 5.91 Å². The topological polar surface area (TPSA) is 79.9 Å². The molecule has 3 rings (SSSR count). The summed E-state index contributed by atoms with van der Waals surface area (Å²) in [6, 6.07) is 3.90. The van der Waals surface area contributed by atoms with Crippen LogP contribution < -0.4 is 5.32 Å². The van der Waals surface area contributed by atoms with Crippen molar-refractivity contribution in [3.8, 4) is 12.1 Å². The molecule has 106 valence electrons. The second kappa shape index (κ2) is 5.42. The molecule has 0 spiro atoms. The van der Waals surface area contributed by atoms with Crippen molar-refractivity contribution in [3.63, 3.8) is 0 Å². The lowest BCUT2D eigenvalue weighted by Gasteiger charge is -2.26. The molecule has 2 saturated carbocycles. The molecule has 1 heterocycles. The van der Waals surface area contributed by atoms with Gasteiger partial charge in [-0.3, -0.25) is 4.79 Å². The third-order valence-corrected chi connectivity index (χ3v) is 5.22. The van der Waals surface area contributed by atoms with Crippen molar-refractivity contribution < 1.29 is 4.79 Å². The van der Waals surface area contributed by atoms with Crippen LogP contribution in [0.4, 0.5) is 0 Å². The Morgan fingerprint density at radius 1 is 1.10 bits per heavy atom. The quantitative estimate of drug-likeness (QED) is 0.836. The highest BCUT2D eigenvalue weighted by Gasteiger charge is 2.41. The van der Waals surface area contributed by atoms with Crippen molar-refractivity contribution in [1.29, 1.82) is 10.5 Å². The zero-order chi connectivity index (χ0) is 14.1. The van der Waals surface area contributed by atoms with E-state index in [1.54, 1.807) is 0 Å². The van der Waals surface area contributed by atoms with Gasteiger partial charge >= 0.3 is 0 Å². The third-order valence-electron chi connectivity index (χ3n) is 5.22. The Hall–Kier alpha value is -1.59. The first-order chi connectivity index (χ1) is 9.72. The van der Waals surface area contributed by atoms with E-state index in [0.717, 1.165) is 11.8 Å². The first kappa shape index (κ1) is 13.4. The van der Waals surface area contributed by atoms with Crippen LogP contribution in [-0.4, -0.2) is 35.5 Å². The number of carbonyl (C=O) groups excluding carboxylic acids is 1. The molecule has 5 atom stereocenters. The lowest BCUT2D eigenvalue weighted by Crippen LogP contribution is -2.47.